The van der Waals surface area contributed by atoms with Crippen molar-refractivity contribution in [2.24, 2.45) is 0 Å². The van der Waals surface area contributed by atoms with Gasteiger partial charge < -0.3 is 9.13 Å². The van der Waals surface area contributed by atoms with Gasteiger partial charge in [-0.05, 0) is 95.1 Å². The van der Waals surface area contributed by atoms with Crippen molar-refractivity contribution in [2.45, 2.75) is 6.18 Å². The number of nitriles is 4. The molecule has 9 heteroatoms. The van der Waals surface area contributed by atoms with Crippen LogP contribution in [0.25, 0.3) is 88.4 Å². The van der Waals surface area contributed by atoms with Crippen molar-refractivity contribution in [3.63, 3.8) is 0 Å². The lowest BCUT2D eigenvalue weighted by Gasteiger charge is -2.20. The van der Waals surface area contributed by atoms with E-state index in [1.54, 1.807) is 30.3 Å². The van der Waals surface area contributed by atoms with Crippen LogP contribution in [0.3, 0.4) is 0 Å². The summed E-state index contributed by atoms with van der Waals surface area (Å²) >= 11 is 0. The van der Waals surface area contributed by atoms with Crippen molar-refractivity contribution in [3.8, 4) is 69.0 Å². The summed E-state index contributed by atoms with van der Waals surface area (Å²) in [5, 5.41) is 43.9. The van der Waals surface area contributed by atoms with Crippen LogP contribution in [0.2, 0.25) is 0 Å². The van der Waals surface area contributed by atoms with Gasteiger partial charge in [-0.25, -0.2) is 0 Å². The Balaban J connectivity index is 1.34. The summed E-state index contributed by atoms with van der Waals surface area (Å²) in [6, 6.07) is 58.2. The lowest BCUT2D eigenvalue weighted by molar-refractivity contribution is -0.137. The van der Waals surface area contributed by atoms with E-state index in [0.717, 1.165) is 78.0 Å². The highest BCUT2D eigenvalue weighted by molar-refractivity contribution is 6.13. The van der Waals surface area contributed by atoms with Gasteiger partial charge in [-0.1, -0.05) is 91.0 Å². The summed E-state index contributed by atoms with van der Waals surface area (Å²) in [5.74, 6) is 0. The fourth-order valence-corrected chi connectivity index (χ4v) is 8.59. The number of benzene rings is 8. The molecule has 0 saturated carbocycles. The maximum absolute atomic E-state index is 14.0. The van der Waals surface area contributed by atoms with E-state index < -0.39 is 11.7 Å². The molecular weight excluding hydrogens is 778 g/mol. The van der Waals surface area contributed by atoms with Crippen molar-refractivity contribution in [2.75, 3.05) is 0 Å². The zero-order valence-electron chi connectivity index (χ0n) is 32.4. The van der Waals surface area contributed by atoms with E-state index in [1.807, 2.05) is 97.1 Å². The standard InChI is InChI=1S/C53H27F3N6/c54-53(55,56)40-19-22-41(38(23-40)30-59)46-27-52(62-48-8-4-2-6-43(48)45-21-18-37(25-50(45)62)35-15-11-33(29-58)12-16-35)51(26-39(46)31-60)61-47-7-3-1-5-42(47)44-20-17-36(24-49(44)61)34-13-9-32(28-57)10-14-34/h1-27H. The number of hydrogen-bond acceptors (Lipinski definition) is 4. The minimum Gasteiger partial charge on any atom is -0.307 e. The first-order valence-electron chi connectivity index (χ1n) is 19.5. The van der Waals surface area contributed by atoms with Crippen molar-refractivity contribution in [1.29, 1.82) is 21.0 Å². The first-order valence-corrected chi connectivity index (χ1v) is 19.5. The Morgan fingerprint density at radius 3 is 1.27 bits per heavy atom. The molecule has 0 bridgehead atoms. The van der Waals surface area contributed by atoms with Crippen LogP contribution in [0.1, 0.15) is 27.8 Å². The van der Waals surface area contributed by atoms with Gasteiger partial charge in [0.05, 0.1) is 85.5 Å². The van der Waals surface area contributed by atoms with Gasteiger partial charge in [0.1, 0.15) is 0 Å². The number of halogens is 3. The second-order valence-electron chi connectivity index (χ2n) is 14.9. The molecule has 0 unspecified atom stereocenters. The third kappa shape index (κ3) is 6.01. The summed E-state index contributed by atoms with van der Waals surface area (Å²) in [6.45, 7) is 0. The van der Waals surface area contributed by atoms with Crippen molar-refractivity contribution in [1.82, 2.24) is 9.13 Å². The Morgan fingerprint density at radius 1 is 0.371 bits per heavy atom. The molecule has 0 spiro atoms. The number of aromatic nitrogens is 2. The van der Waals surface area contributed by atoms with Crippen LogP contribution in [-0.2, 0) is 6.18 Å². The number of para-hydroxylation sites is 2. The second kappa shape index (κ2) is 14.4. The molecule has 0 fully saturated rings. The smallest absolute Gasteiger partial charge is 0.307 e. The van der Waals surface area contributed by atoms with E-state index in [-0.39, 0.29) is 16.7 Å². The van der Waals surface area contributed by atoms with E-state index >= 15 is 0 Å². The molecule has 10 rings (SSSR count). The second-order valence-corrected chi connectivity index (χ2v) is 14.9. The summed E-state index contributed by atoms with van der Waals surface area (Å²) < 4.78 is 46.1. The lowest BCUT2D eigenvalue weighted by Crippen LogP contribution is -2.07. The predicted octanol–water partition coefficient (Wildman–Crippen LogP) is 13.4. The van der Waals surface area contributed by atoms with Gasteiger partial charge in [0.2, 0.25) is 0 Å². The van der Waals surface area contributed by atoms with E-state index in [1.165, 1.54) is 6.07 Å². The van der Waals surface area contributed by atoms with Crippen molar-refractivity contribution in [3.05, 3.63) is 192 Å². The maximum Gasteiger partial charge on any atom is 0.416 e. The van der Waals surface area contributed by atoms with Gasteiger partial charge >= 0.3 is 6.18 Å². The SMILES string of the molecule is N#Cc1ccc(-c2ccc3c4ccccc4n(-c4cc(C#N)c(-c5ccc(C(F)(F)F)cc5C#N)cc4-n4c5ccccc5c5ccc(-c6ccc(C#N)cc6)cc54)c3c2)cc1. The van der Waals surface area contributed by atoms with Gasteiger partial charge in [-0.3, -0.25) is 0 Å². The highest BCUT2D eigenvalue weighted by atomic mass is 19.4. The number of rotatable bonds is 5. The Bertz CT molecular complexity index is 3660. The summed E-state index contributed by atoms with van der Waals surface area (Å²) in [6.07, 6.45) is -4.68. The van der Waals surface area contributed by atoms with Crippen LogP contribution in [0.4, 0.5) is 13.2 Å². The Kier molecular flexibility index (Phi) is 8.70. The fraction of sp³-hybridized carbons (Fsp3) is 0.0189. The molecule has 0 aliphatic heterocycles. The van der Waals surface area contributed by atoms with Gasteiger partial charge in [-0.2, -0.15) is 34.2 Å². The van der Waals surface area contributed by atoms with Crippen molar-refractivity contribution >= 4 is 43.6 Å². The molecule has 0 amide bonds. The zero-order chi connectivity index (χ0) is 42.7. The van der Waals surface area contributed by atoms with E-state index in [9.17, 15) is 34.2 Å². The Hall–Kier alpha value is -8.89. The summed E-state index contributed by atoms with van der Waals surface area (Å²) in [4.78, 5) is 0. The largest absolute Gasteiger partial charge is 0.416 e. The summed E-state index contributed by atoms with van der Waals surface area (Å²) in [7, 11) is 0. The average molecular weight is 805 g/mol. The molecule has 10 aromatic rings. The minimum atomic E-state index is -4.68. The molecule has 0 aliphatic carbocycles. The monoisotopic (exact) mass is 804 g/mol. The molecule has 6 nitrogen and oxygen atoms in total. The van der Waals surface area contributed by atoms with E-state index in [2.05, 4.69) is 51.6 Å². The molecule has 0 atom stereocenters. The van der Waals surface area contributed by atoms with Gasteiger partial charge in [-0.15, -0.1) is 0 Å². The molecule has 0 aliphatic rings. The molecule has 0 N–H and O–H groups in total. The molecule has 62 heavy (non-hydrogen) atoms. The number of hydrogen-bond donors (Lipinski definition) is 0. The van der Waals surface area contributed by atoms with Crippen LogP contribution in [0, 0.1) is 45.3 Å². The first-order chi connectivity index (χ1) is 30.2. The third-order valence-electron chi connectivity index (χ3n) is 11.5. The molecule has 2 aromatic heterocycles. The van der Waals surface area contributed by atoms with E-state index in [4.69, 9.17) is 0 Å². The molecular formula is C53H27F3N6. The first kappa shape index (κ1) is 37.4. The van der Waals surface area contributed by atoms with E-state index in [0.29, 0.717) is 28.1 Å². The van der Waals surface area contributed by atoms with Crippen LogP contribution < -0.4 is 0 Å². The van der Waals surface area contributed by atoms with Gasteiger partial charge in [0, 0.05) is 32.7 Å². The van der Waals surface area contributed by atoms with Crippen LogP contribution in [0.5, 0.6) is 0 Å². The Morgan fingerprint density at radius 2 is 0.806 bits per heavy atom. The average Bonchev–Trinajstić information content (AvgIpc) is 3.82. The fourth-order valence-electron chi connectivity index (χ4n) is 8.59. The van der Waals surface area contributed by atoms with Crippen LogP contribution in [-0.4, -0.2) is 9.13 Å². The molecule has 0 radical (unpaired) electrons. The molecule has 0 saturated heterocycles. The lowest BCUT2D eigenvalue weighted by atomic mass is 9.93. The third-order valence-corrected chi connectivity index (χ3v) is 11.5. The topological polar surface area (TPSA) is 105 Å². The number of alkyl halides is 3. The predicted molar refractivity (Wildman–Crippen MR) is 235 cm³/mol. The van der Waals surface area contributed by atoms with Gasteiger partial charge in [0.15, 0.2) is 0 Å². The van der Waals surface area contributed by atoms with Crippen LogP contribution in [0.15, 0.2) is 164 Å². The highest BCUT2D eigenvalue weighted by Crippen LogP contribution is 2.43. The molecule has 2 heterocycles. The van der Waals surface area contributed by atoms with Crippen LogP contribution >= 0.6 is 0 Å². The van der Waals surface area contributed by atoms with Gasteiger partial charge in [0.25, 0.3) is 0 Å². The summed E-state index contributed by atoms with van der Waals surface area (Å²) in [5.41, 5.74) is 8.68. The Labute approximate surface area is 352 Å². The number of fused-ring (bicyclic) bond motifs is 6. The number of nitrogens with zero attached hydrogens (tertiary/aromatic N) is 6. The highest BCUT2D eigenvalue weighted by Gasteiger charge is 2.32. The molecule has 290 valence electrons. The maximum atomic E-state index is 14.0. The minimum absolute atomic E-state index is 0.160. The van der Waals surface area contributed by atoms with Crippen molar-refractivity contribution < 1.29 is 13.2 Å². The quantitative estimate of drug-likeness (QED) is 0.173. The zero-order valence-corrected chi connectivity index (χ0v) is 32.4. The normalized spacial score (nSPS) is 11.4. The molecule has 8 aromatic carbocycles.